The summed E-state index contributed by atoms with van der Waals surface area (Å²) in [6.07, 6.45) is 6.17. The van der Waals surface area contributed by atoms with Gasteiger partial charge in [0.05, 0.1) is 36.0 Å². The first kappa shape index (κ1) is 33.7. The van der Waals surface area contributed by atoms with E-state index < -0.39 is 0 Å². The quantitative estimate of drug-likeness (QED) is 0.155. The summed E-state index contributed by atoms with van der Waals surface area (Å²) in [5, 5.41) is 19.9. The number of aliphatic hydroxyl groups excluding tert-OH is 2. The largest absolute Gasteiger partial charge is 0.493 e. The molecule has 0 saturated carbocycles. The van der Waals surface area contributed by atoms with Crippen LogP contribution < -0.4 is 14.2 Å². The smallest absolute Gasteiger partial charge is 0.153 e. The normalized spacial score (nSPS) is 20.3. The molecule has 0 aromatic heterocycles. The Morgan fingerprint density at radius 2 is 1.51 bits per heavy atom. The van der Waals surface area contributed by atoms with E-state index >= 15 is 0 Å². The van der Waals surface area contributed by atoms with Gasteiger partial charge >= 0.3 is 0 Å². The Kier molecular flexibility index (Phi) is 11.4. The van der Waals surface area contributed by atoms with Gasteiger partial charge in [-0.2, -0.15) is 0 Å². The number of aldehydes is 1. The number of nitrogens with zero attached hydrogens (tertiary/aromatic N) is 2. The summed E-state index contributed by atoms with van der Waals surface area (Å²) >= 11 is 6.62. The van der Waals surface area contributed by atoms with Crippen molar-refractivity contribution in [2.24, 2.45) is 0 Å². The number of piperidine rings is 1. The number of aliphatic hydroxyl groups is 2. The van der Waals surface area contributed by atoms with Crippen LogP contribution in [0.2, 0.25) is 5.02 Å². The highest BCUT2D eigenvalue weighted by molar-refractivity contribution is 6.32. The number of carbonyl (C=O) groups is 1. The number of hydrogen-bond acceptors (Lipinski definition) is 8. The maximum atomic E-state index is 11.8. The van der Waals surface area contributed by atoms with Crippen molar-refractivity contribution in [3.8, 4) is 28.4 Å². The Morgan fingerprint density at radius 1 is 0.830 bits per heavy atom. The molecular formula is C38H47ClN2O6. The lowest BCUT2D eigenvalue weighted by molar-refractivity contribution is 0.0800. The van der Waals surface area contributed by atoms with Gasteiger partial charge < -0.3 is 34.2 Å². The first-order valence-corrected chi connectivity index (χ1v) is 17.5. The molecule has 1 aliphatic carbocycles. The molecule has 47 heavy (non-hydrogen) atoms. The van der Waals surface area contributed by atoms with E-state index in [-0.39, 0.29) is 18.3 Å². The van der Waals surface area contributed by atoms with Crippen molar-refractivity contribution in [1.82, 2.24) is 9.80 Å². The third-order valence-electron chi connectivity index (χ3n) is 9.81. The number of hydrogen-bond donors (Lipinski definition) is 2. The van der Waals surface area contributed by atoms with Crippen LogP contribution >= 0.6 is 11.6 Å². The highest BCUT2D eigenvalue weighted by Crippen LogP contribution is 2.44. The predicted octanol–water partition coefficient (Wildman–Crippen LogP) is 6.26. The molecule has 8 nitrogen and oxygen atoms in total. The van der Waals surface area contributed by atoms with E-state index in [1.165, 1.54) is 11.1 Å². The molecule has 3 aliphatic rings. The van der Waals surface area contributed by atoms with Crippen molar-refractivity contribution in [3.63, 3.8) is 0 Å². The van der Waals surface area contributed by atoms with Gasteiger partial charge in [0.1, 0.15) is 23.4 Å². The van der Waals surface area contributed by atoms with Crippen LogP contribution in [0.3, 0.4) is 0 Å². The summed E-state index contributed by atoms with van der Waals surface area (Å²) in [7, 11) is 0. The summed E-state index contributed by atoms with van der Waals surface area (Å²) in [5.74, 6) is 1.88. The molecule has 2 fully saturated rings. The summed E-state index contributed by atoms with van der Waals surface area (Å²) < 4.78 is 18.8. The molecule has 2 N–H and O–H groups in total. The predicted molar refractivity (Wildman–Crippen MR) is 184 cm³/mol. The lowest BCUT2D eigenvalue weighted by Gasteiger charge is -2.29. The van der Waals surface area contributed by atoms with Crippen LogP contribution in [0.5, 0.6) is 17.2 Å². The standard InChI is InChI=1S/C38H47ClN2O6/c1-26-30(6-3-9-35(26)45-20-4-15-40-17-12-28(43)13-18-40)31-7-2-8-33-32(31)10-11-36(33)47-38-23-37(27(25-42)22-34(38)39)46-21-5-16-41-19-14-29(44)24-41/h2-3,6-9,22-23,25,28-29,36,43-44H,4-5,10-21,24H2,1H3/t29?,36-/m0/s1. The molecule has 2 heterocycles. The van der Waals surface area contributed by atoms with Gasteiger partial charge in [0.25, 0.3) is 0 Å². The van der Waals surface area contributed by atoms with E-state index in [4.69, 9.17) is 25.8 Å². The van der Waals surface area contributed by atoms with E-state index in [0.717, 1.165) is 106 Å². The summed E-state index contributed by atoms with van der Waals surface area (Å²) in [5.41, 5.74) is 6.30. The Bertz CT molecular complexity index is 1520. The SMILES string of the molecule is Cc1c(OCCCN2CCC(O)CC2)cccc1-c1cccc2c1CC[C@@H]2Oc1cc(OCCCN2CCC(O)C2)c(C=O)cc1Cl. The number of fused-ring (bicyclic) bond motifs is 1. The monoisotopic (exact) mass is 662 g/mol. The first-order valence-electron chi connectivity index (χ1n) is 17.1. The molecule has 1 unspecified atom stereocenters. The molecule has 9 heteroatoms. The Balaban J connectivity index is 1.10. The van der Waals surface area contributed by atoms with E-state index in [0.29, 0.717) is 41.8 Å². The minimum absolute atomic E-state index is 0.146. The summed E-state index contributed by atoms with van der Waals surface area (Å²) in [4.78, 5) is 16.5. The van der Waals surface area contributed by atoms with Crippen molar-refractivity contribution in [2.75, 3.05) is 52.5 Å². The Hall–Kier alpha value is -3.14. The van der Waals surface area contributed by atoms with E-state index in [1.54, 1.807) is 12.1 Å². The van der Waals surface area contributed by atoms with Gasteiger partial charge in [-0.3, -0.25) is 4.79 Å². The molecule has 2 saturated heterocycles. The topological polar surface area (TPSA) is 91.7 Å². The summed E-state index contributed by atoms with van der Waals surface area (Å²) in [6, 6.07) is 16.0. The lowest BCUT2D eigenvalue weighted by Crippen LogP contribution is -2.36. The second kappa shape index (κ2) is 15.8. The Labute approximate surface area is 283 Å². The van der Waals surface area contributed by atoms with Gasteiger partial charge in [-0.25, -0.2) is 0 Å². The molecule has 0 amide bonds. The van der Waals surface area contributed by atoms with Crippen molar-refractivity contribution in [2.45, 2.75) is 70.2 Å². The number of benzene rings is 3. The molecule has 3 aromatic rings. The van der Waals surface area contributed by atoms with Crippen LogP contribution in [-0.4, -0.2) is 91.0 Å². The third kappa shape index (κ3) is 8.30. The van der Waals surface area contributed by atoms with E-state index in [1.807, 2.05) is 6.07 Å². The van der Waals surface area contributed by atoms with Crippen LogP contribution in [0.1, 0.15) is 71.7 Å². The van der Waals surface area contributed by atoms with Gasteiger partial charge in [0.15, 0.2) is 6.29 Å². The molecule has 2 atom stereocenters. The second-order valence-electron chi connectivity index (χ2n) is 13.1. The van der Waals surface area contributed by atoms with Crippen LogP contribution in [-0.2, 0) is 6.42 Å². The molecule has 3 aromatic carbocycles. The molecule has 252 valence electrons. The number of carbonyl (C=O) groups excluding carboxylic acids is 1. The fourth-order valence-corrected chi connectivity index (χ4v) is 7.38. The second-order valence-corrected chi connectivity index (χ2v) is 13.5. The maximum Gasteiger partial charge on any atom is 0.153 e. The highest BCUT2D eigenvalue weighted by Gasteiger charge is 2.28. The van der Waals surface area contributed by atoms with Gasteiger partial charge in [-0.05, 0) is 91.8 Å². The average Bonchev–Trinajstić information content (AvgIpc) is 3.69. The van der Waals surface area contributed by atoms with Gasteiger partial charge in [0.2, 0.25) is 0 Å². The van der Waals surface area contributed by atoms with Crippen LogP contribution in [0.4, 0.5) is 0 Å². The fourth-order valence-electron chi connectivity index (χ4n) is 7.16. The van der Waals surface area contributed by atoms with Gasteiger partial charge in [0, 0.05) is 45.3 Å². The number of ether oxygens (including phenoxy) is 3. The molecule has 0 radical (unpaired) electrons. The van der Waals surface area contributed by atoms with E-state index in [2.05, 4.69) is 47.1 Å². The van der Waals surface area contributed by atoms with Crippen molar-refractivity contribution in [1.29, 1.82) is 0 Å². The molecule has 0 spiro atoms. The fraction of sp³-hybridized carbons (Fsp3) is 0.500. The van der Waals surface area contributed by atoms with E-state index in [9.17, 15) is 15.0 Å². The molecule has 6 rings (SSSR count). The lowest BCUT2D eigenvalue weighted by atomic mass is 9.93. The van der Waals surface area contributed by atoms with Crippen LogP contribution in [0.15, 0.2) is 48.5 Å². The zero-order valence-corrected chi connectivity index (χ0v) is 28.1. The van der Waals surface area contributed by atoms with Crippen molar-refractivity contribution < 1.29 is 29.2 Å². The van der Waals surface area contributed by atoms with Crippen molar-refractivity contribution >= 4 is 17.9 Å². The van der Waals surface area contributed by atoms with Crippen molar-refractivity contribution in [3.05, 3.63) is 75.8 Å². The minimum Gasteiger partial charge on any atom is -0.493 e. The number of likely N-dealkylation sites (tertiary alicyclic amines) is 2. The number of rotatable bonds is 14. The van der Waals surface area contributed by atoms with Crippen LogP contribution in [0, 0.1) is 6.92 Å². The van der Waals surface area contributed by atoms with Crippen LogP contribution in [0.25, 0.3) is 11.1 Å². The maximum absolute atomic E-state index is 11.8. The molecule has 2 aliphatic heterocycles. The van der Waals surface area contributed by atoms with Gasteiger partial charge in [-0.1, -0.05) is 41.9 Å². The Morgan fingerprint density at radius 3 is 2.26 bits per heavy atom. The average molecular weight is 663 g/mol. The zero-order chi connectivity index (χ0) is 32.8. The third-order valence-corrected chi connectivity index (χ3v) is 10.1. The number of β-amino-alcohol motifs (C(OH)–C–C–N with tert-alkyl or cyclic N) is 1. The first-order chi connectivity index (χ1) is 22.9. The van der Waals surface area contributed by atoms with Gasteiger partial charge in [-0.15, -0.1) is 0 Å². The zero-order valence-electron chi connectivity index (χ0n) is 27.3. The highest BCUT2D eigenvalue weighted by atomic mass is 35.5. The minimum atomic E-state index is -0.240. The number of halogens is 1. The summed E-state index contributed by atoms with van der Waals surface area (Å²) in [6.45, 7) is 8.57. The molecule has 0 bridgehead atoms. The molecular weight excluding hydrogens is 616 g/mol.